The minimum absolute atomic E-state index is 0.00606. The lowest BCUT2D eigenvalue weighted by Crippen LogP contribution is -2.63. The van der Waals surface area contributed by atoms with Gasteiger partial charge in [-0.1, -0.05) is 35.4 Å². The summed E-state index contributed by atoms with van der Waals surface area (Å²) in [5.74, 6) is -4.43. The topological polar surface area (TPSA) is 189 Å². The molecule has 1 fully saturated rings. The van der Waals surface area contributed by atoms with Crippen molar-refractivity contribution in [1.82, 2.24) is 0 Å². The van der Waals surface area contributed by atoms with E-state index in [4.69, 9.17) is 42.3 Å². The van der Waals surface area contributed by atoms with E-state index in [1.54, 1.807) is 18.2 Å². The fourth-order valence-corrected chi connectivity index (χ4v) is 5.54. The number of esters is 5. The third-order valence-electron chi connectivity index (χ3n) is 7.95. The zero-order valence-electron chi connectivity index (χ0n) is 31.6. The van der Waals surface area contributed by atoms with Crippen LogP contribution in [0.4, 0.5) is 0 Å². The van der Waals surface area contributed by atoms with Crippen LogP contribution in [0.1, 0.15) is 71.7 Å². The van der Waals surface area contributed by atoms with Gasteiger partial charge >= 0.3 is 35.5 Å². The molecule has 0 saturated carbocycles. The number of allylic oxidation sites excluding steroid dienone is 3. The van der Waals surface area contributed by atoms with Crippen molar-refractivity contribution in [3.8, 4) is 17.2 Å². The van der Waals surface area contributed by atoms with Crippen molar-refractivity contribution in [2.45, 2.75) is 92.0 Å². The minimum Gasteiger partial charge on any atom is -0.485 e. The summed E-state index contributed by atoms with van der Waals surface area (Å²) in [6, 6.07) is 12.3. The van der Waals surface area contributed by atoms with Crippen LogP contribution >= 0.6 is 0 Å². The maximum atomic E-state index is 13.4. The van der Waals surface area contributed by atoms with E-state index in [-0.39, 0.29) is 34.6 Å². The normalized spacial score (nSPS) is 19.4. The maximum absolute atomic E-state index is 13.4. The summed E-state index contributed by atoms with van der Waals surface area (Å²) in [5, 5.41) is 0.236. The lowest BCUT2D eigenvalue weighted by atomic mass is 9.98. The van der Waals surface area contributed by atoms with Crippen molar-refractivity contribution < 1.29 is 66.3 Å². The zero-order chi connectivity index (χ0) is 40.2. The first-order valence-corrected chi connectivity index (χ1v) is 17.4. The number of carbonyl (C=O) groups excluding carboxylic acids is 5. The fraction of sp³-hybridized carbons (Fsp3) is 0.400. The van der Waals surface area contributed by atoms with E-state index in [0.29, 0.717) is 0 Å². The molecule has 2 aromatic carbocycles. The van der Waals surface area contributed by atoms with Gasteiger partial charge in [0.2, 0.25) is 12.4 Å². The molecule has 0 bridgehead atoms. The van der Waals surface area contributed by atoms with Crippen LogP contribution in [0.25, 0.3) is 11.0 Å². The quantitative estimate of drug-likeness (QED) is 0.0810. The molecular formula is C40H44O15. The molecule has 0 amide bonds. The second-order valence-electron chi connectivity index (χ2n) is 12.8. The minimum atomic E-state index is -1.55. The van der Waals surface area contributed by atoms with Crippen molar-refractivity contribution in [1.29, 1.82) is 0 Å². The third kappa shape index (κ3) is 12.0. The van der Waals surface area contributed by atoms with E-state index in [2.05, 4.69) is 6.08 Å². The van der Waals surface area contributed by atoms with Crippen LogP contribution in [0.2, 0.25) is 0 Å². The molecule has 0 N–H and O–H groups in total. The van der Waals surface area contributed by atoms with Gasteiger partial charge in [0, 0.05) is 33.8 Å². The molecule has 0 radical (unpaired) electrons. The van der Waals surface area contributed by atoms with Crippen LogP contribution in [-0.2, 0) is 42.9 Å². The summed E-state index contributed by atoms with van der Waals surface area (Å²) >= 11 is 0. The Bertz CT molecular complexity index is 1990. The molecule has 294 valence electrons. The number of hydrogen-bond donors (Lipinski definition) is 0. The summed E-state index contributed by atoms with van der Waals surface area (Å²) in [6.45, 7) is 10.0. The average Bonchev–Trinajstić information content (AvgIpc) is 3.10. The van der Waals surface area contributed by atoms with Gasteiger partial charge in [-0.15, -0.1) is 0 Å². The number of fused-ring (bicyclic) bond motifs is 1. The van der Waals surface area contributed by atoms with Crippen molar-refractivity contribution in [2.24, 2.45) is 0 Å². The van der Waals surface area contributed by atoms with Crippen LogP contribution in [0.3, 0.4) is 0 Å². The Morgan fingerprint density at radius 3 is 2.04 bits per heavy atom. The first-order valence-electron chi connectivity index (χ1n) is 17.4. The Kier molecular flexibility index (Phi) is 14.7. The molecule has 55 heavy (non-hydrogen) atoms. The molecule has 1 aliphatic heterocycles. The third-order valence-corrected chi connectivity index (χ3v) is 7.95. The Morgan fingerprint density at radius 1 is 0.745 bits per heavy atom. The van der Waals surface area contributed by atoms with Gasteiger partial charge in [-0.3, -0.25) is 19.2 Å². The molecule has 5 atom stereocenters. The molecule has 3 aromatic rings. The molecule has 1 aromatic heterocycles. The fourth-order valence-electron chi connectivity index (χ4n) is 5.54. The molecule has 0 unspecified atom stereocenters. The summed E-state index contributed by atoms with van der Waals surface area (Å²) in [5.41, 5.74) is 1.35. The Balaban J connectivity index is 1.74. The van der Waals surface area contributed by atoms with Crippen LogP contribution in [0, 0.1) is 0 Å². The SMILES string of the molecule is CC(=O)OC[C@H]1O[C@H](Oc2ccc3c(OCC=C(C)CCC=C(C)C)c(OC(=O)c4ccccc4)c(=O)oc3c2)[C@@H](OC(C)=O)[C@@H](OC(C)=O)[C@@H]1OC(C)=O. The second kappa shape index (κ2) is 19.4. The Morgan fingerprint density at radius 2 is 1.40 bits per heavy atom. The number of benzene rings is 2. The number of carbonyl (C=O) groups is 5. The molecule has 15 nitrogen and oxygen atoms in total. The number of hydrogen-bond acceptors (Lipinski definition) is 15. The van der Waals surface area contributed by atoms with Crippen molar-refractivity contribution in [3.63, 3.8) is 0 Å². The van der Waals surface area contributed by atoms with Gasteiger partial charge in [0.25, 0.3) is 5.75 Å². The monoisotopic (exact) mass is 764 g/mol. The van der Waals surface area contributed by atoms with Crippen LogP contribution < -0.4 is 19.8 Å². The summed E-state index contributed by atoms with van der Waals surface area (Å²) < 4.78 is 50.8. The van der Waals surface area contributed by atoms with Gasteiger partial charge in [0.05, 0.1) is 10.9 Å². The van der Waals surface area contributed by atoms with Crippen LogP contribution in [0.5, 0.6) is 17.2 Å². The maximum Gasteiger partial charge on any atom is 0.383 e. The highest BCUT2D eigenvalue weighted by molar-refractivity contribution is 5.93. The molecule has 1 saturated heterocycles. The molecule has 4 rings (SSSR count). The van der Waals surface area contributed by atoms with E-state index in [9.17, 15) is 28.8 Å². The first kappa shape index (κ1) is 41.8. The van der Waals surface area contributed by atoms with E-state index in [0.717, 1.165) is 46.1 Å². The predicted molar refractivity (Wildman–Crippen MR) is 194 cm³/mol. The standard InChI is InChI=1S/C40H44O15/c1-22(2)12-11-13-23(3)18-19-47-33-30-17-16-29(20-31(30)53-39(46)36(33)55-38(45)28-14-9-8-10-15-28)52-40-37(51-27(7)44)35(50-26(6)43)34(49-25(5)42)32(54-40)21-48-24(4)41/h8-10,12,14-18,20,32,34-35,37,40H,11,13,19,21H2,1-7H3/t32-,34-,35+,37+,40+/m1/s1. The van der Waals surface area contributed by atoms with E-state index in [1.807, 2.05) is 26.8 Å². The lowest BCUT2D eigenvalue weighted by molar-refractivity contribution is -0.288. The Labute approximate surface area is 317 Å². The smallest absolute Gasteiger partial charge is 0.383 e. The molecule has 15 heteroatoms. The van der Waals surface area contributed by atoms with Crippen LogP contribution in [-0.4, -0.2) is 73.8 Å². The van der Waals surface area contributed by atoms with Crippen LogP contribution in [0.15, 0.2) is 81.0 Å². The van der Waals surface area contributed by atoms with Crippen molar-refractivity contribution >= 4 is 40.8 Å². The molecular weight excluding hydrogens is 720 g/mol. The van der Waals surface area contributed by atoms with E-state index < -0.39 is 78.5 Å². The summed E-state index contributed by atoms with van der Waals surface area (Å²) in [7, 11) is 0. The predicted octanol–water partition coefficient (Wildman–Crippen LogP) is 5.55. The highest BCUT2D eigenvalue weighted by atomic mass is 16.7. The lowest BCUT2D eigenvalue weighted by Gasteiger charge is -2.43. The largest absolute Gasteiger partial charge is 0.485 e. The average molecular weight is 765 g/mol. The highest BCUT2D eigenvalue weighted by Crippen LogP contribution is 2.37. The van der Waals surface area contributed by atoms with Gasteiger partial charge in [-0.25, -0.2) is 9.59 Å². The molecule has 1 aliphatic rings. The number of rotatable bonds is 15. The van der Waals surface area contributed by atoms with E-state index >= 15 is 0 Å². The first-order chi connectivity index (χ1) is 26.1. The van der Waals surface area contributed by atoms with Gasteiger partial charge < -0.3 is 42.3 Å². The van der Waals surface area contributed by atoms with Crippen molar-refractivity contribution in [2.75, 3.05) is 13.2 Å². The number of ether oxygens (including phenoxy) is 8. The van der Waals surface area contributed by atoms with Gasteiger partial charge in [-0.05, 0) is 64.0 Å². The molecule has 2 heterocycles. The van der Waals surface area contributed by atoms with Gasteiger partial charge in [0.1, 0.15) is 30.7 Å². The zero-order valence-corrected chi connectivity index (χ0v) is 31.6. The van der Waals surface area contributed by atoms with Gasteiger partial charge in [-0.2, -0.15) is 0 Å². The second-order valence-corrected chi connectivity index (χ2v) is 12.8. The summed E-state index contributed by atoms with van der Waals surface area (Å²) in [6.07, 6.45) is -1.58. The molecule has 0 spiro atoms. The highest BCUT2D eigenvalue weighted by Gasteiger charge is 2.53. The van der Waals surface area contributed by atoms with Crippen molar-refractivity contribution in [3.05, 3.63) is 87.8 Å². The summed E-state index contributed by atoms with van der Waals surface area (Å²) in [4.78, 5) is 74.8. The van der Waals surface area contributed by atoms with E-state index in [1.165, 1.54) is 35.9 Å². The van der Waals surface area contributed by atoms with Gasteiger partial charge in [0.15, 0.2) is 18.0 Å². The Hall–Kier alpha value is -5.96. The molecule has 0 aliphatic carbocycles.